The maximum absolute atomic E-state index is 12.7. The van der Waals surface area contributed by atoms with Gasteiger partial charge < -0.3 is 14.8 Å². The summed E-state index contributed by atoms with van der Waals surface area (Å²) < 4.78 is 5.63. The van der Waals surface area contributed by atoms with E-state index in [1.54, 1.807) is 7.11 Å². The Bertz CT molecular complexity index is 1200. The molecule has 2 N–H and O–H groups in total. The van der Waals surface area contributed by atoms with Gasteiger partial charge in [0.1, 0.15) is 5.75 Å². The number of fused-ring (bicyclic) bond motifs is 4. The van der Waals surface area contributed by atoms with Gasteiger partial charge in [0, 0.05) is 47.4 Å². The summed E-state index contributed by atoms with van der Waals surface area (Å²) in [7, 11) is 1.74. The lowest BCUT2D eigenvalue weighted by molar-refractivity contribution is -0.151. The molecule has 2 aromatic carbocycles. The summed E-state index contributed by atoms with van der Waals surface area (Å²) in [5, 5.41) is 14.0. The summed E-state index contributed by atoms with van der Waals surface area (Å²) in [6.45, 7) is 2.23. The summed E-state index contributed by atoms with van der Waals surface area (Å²) >= 11 is 0. The Morgan fingerprint density at radius 1 is 1.16 bits per heavy atom. The Labute approximate surface area is 183 Å². The molecule has 2 bridgehead atoms. The molecule has 3 atom stereocenters. The van der Waals surface area contributed by atoms with Gasteiger partial charge in [0.25, 0.3) is 0 Å². The van der Waals surface area contributed by atoms with Crippen LogP contribution in [0.3, 0.4) is 0 Å². The molecule has 4 heteroatoms. The molecule has 160 valence electrons. The largest absolute Gasteiger partial charge is 0.497 e. The molecule has 1 saturated carbocycles. The van der Waals surface area contributed by atoms with Crippen molar-refractivity contribution >= 4 is 10.9 Å². The first-order valence-corrected chi connectivity index (χ1v) is 11.8. The van der Waals surface area contributed by atoms with E-state index in [0.29, 0.717) is 0 Å². The van der Waals surface area contributed by atoms with Crippen LogP contribution in [-0.2, 0) is 24.7 Å². The number of ether oxygens (including phenoxy) is 1. The third kappa shape index (κ3) is 2.38. The standard InChI is InChI=1S/C27H30N2O2/c1-31-19-9-8-18-12-25-27(30)14-21-20-4-2-3-5-23(20)28-24(21)15-26(27,22(18)13-19)10-11-29(25)16-17-6-7-17/h2-5,8-9,13,17,25,28,30H,6-7,10-12,14-16H2,1H3/t25-,26-,27-/m1/s1. The van der Waals surface area contributed by atoms with E-state index in [1.807, 2.05) is 0 Å². The number of benzene rings is 2. The Morgan fingerprint density at radius 3 is 2.87 bits per heavy atom. The number of nitrogens with one attached hydrogen (secondary N) is 1. The van der Waals surface area contributed by atoms with Crippen LogP contribution in [0.15, 0.2) is 42.5 Å². The number of piperidine rings is 1. The molecule has 2 fully saturated rings. The highest BCUT2D eigenvalue weighted by molar-refractivity contribution is 5.85. The topological polar surface area (TPSA) is 48.5 Å². The second-order valence-electron chi connectivity index (χ2n) is 10.4. The molecule has 4 nitrogen and oxygen atoms in total. The molecule has 4 aliphatic rings. The molecule has 0 unspecified atom stereocenters. The van der Waals surface area contributed by atoms with Crippen molar-refractivity contribution in [1.29, 1.82) is 0 Å². The number of nitrogens with zero attached hydrogens (tertiary/aromatic N) is 1. The van der Waals surface area contributed by atoms with E-state index in [2.05, 4.69) is 52.3 Å². The smallest absolute Gasteiger partial charge is 0.119 e. The van der Waals surface area contributed by atoms with Gasteiger partial charge in [-0.3, -0.25) is 4.90 Å². The van der Waals surface area contributed by atoms with Crippen molar-refractivity contribution in [1.82, 2.24) is 9.88 Å². The second kappa shape index (κ2) is 6.14. The number of likely N-dealkylation sites (tertiary alicyclic amines) is 1. The van der Waals surface area contributed by atoms with Crippen molar-refractivity contribution < 1.29 is 9.84 Å². The minimum atomic E-state index is -0.753. The summed E-state index contributed by atoms with van der Waals surface area (Å²) in [6, 6.07) is 15.4. The lowest BCUT2D eigenvalue weighted by Gasteiger charge is -2.63. The molecular formula is C27H30N2O2. The van der Waals surface area contributed by atoms with Crippen LogP contribution in [0.1, 0.15) is 41.6 Å². The van der Waals surface area contributed by atoms with Gasteiger partial charge in [-0.25, -0.2) is 0 Å². The van der Waals surface area contributed by atoms with Crippen molar-refractivity contribution in [3.8, 4) is 5.75 Å². The SMILES string of the molecule is COc1ccc2c(c1)[C@]13CCN(CC4CC4)[C@H](C2)[C@]1(O)Cc1c([nH]c2ccccc12)C3. The number of H-pyrrole nitrogens is 1. The van der Waals surface area contributed by atoms with Gasteiger partial charge in [0.15, 0.2) is 0 Å². The zero-order valence-electron chi connectivity index (χ0n) is 18.2. The minimum Gasteiger partial charge on any atom is -0.497 e. The molecule has 3 aliphatic carbocycles. The molecule has 0 radical (unpaired) electrons. The van der Waals surface area contributed by atoms with Crippen LogP contribution in [-0.4, -0.2) is 46.8 Å². The molecule has 7 rings (SSSR count). The summed E-state index contributed by atoms with van der Waals surface area (Å²) in [6.07, 6.45) is 6.25. The van der Waals surface area contributed by atoms with Crippen LogP contribution >= 0.6 is 0 Å². The fraction of sp³-hybridized carbons (Fsp3) is 0.481. The van der Waals surface area contributed by atoms with Gasteiger partial charge in [-0.2, -0.15) is 0 Å². The van der Waals surface area contributed by atoms with E-state index >= 15 is 0 Å². The predicted molar refractivity (Wildman–Crippen MR) is 122 cm³/mol. The number of aromatic nitrogens is 1. The fourth-order valence-corrected chi connectivity index (χ4v) is 7.16. The number of hydrogen-bond acceptors (Lipinski definition) is 3. The van der Waals surface area contributed by atoms with Gasteiger partial charge in [-0.15, -0.1) is 0 Å². The average molecular weight is 415 g/mol. The van der Waals surface area contributed by atoms with Crippen LogP contribution < -0.4 is 4.74 Å². The summed E-state index contributed by atoms with van der Waals surface area (Å²) in [4.78, 5) is 6.36. The first-order valence-electron chi connectivity index (χ1n) is 11.8. The van der Waals surface area contributed by atoms with Crippen molar-refractivity contribution in [2.75, 3.05) is 20.2 Å². The number of aromatic amines is 1. The fourth-order valence-electron chi connectivity index (χ4n) is 7.16. The van der Waals surface area contributed by atoms with Gasteiger partial charge >= 0.3 is 0 Å². The molecule has 1 aromatic heterocycles. The van der Waals surface area contributed by atoms with Crippen LogP contribution in [0.25, 0.3) is 10.9 Å². The third-order valence-corrected chi connectivity index (χ3v) is 8.91. The van der Waals surface area contributed by atoms with Gasteiger partial charge in [-0.05, 0) is 73.0 Å². The van der Waals surface area contributed by atoms with Crippen molar-refractivity contribution in [3.63, 3.8) is 0 Å². The first-order chi connectivity index (χ1) is 15.1. The maximum atomic E-state index is 12.7. The van der Waals surface area contributed by atoms with E-state index in [0.717, 1.165) is 50.4 Å². The molecule has 1 saturated heterocycles. The minimum absolute atomic E-state index is 0.185. The number of methoxy groups -OCH3 is 1. The normalized spacial score (nSPS) is 31.7. The molecule has 2 heterocycles. The third-order valence-electron chi connectivity index (χ3n) is 8.91. The van der Waals surface area contributed by atoms with E-state index in [1.165, 1.54) is 46.1 Å². The second-order valence-corrected chi connectivity index (χ2v) is 10.4. The molecule has 3 aromatic rings. The Hall–Kier alpha value is -2.30. The molecule has 0 spiro atoms. The Balaban J connectivity index is 1.45. The molecule has 31 heavy (non-hydrogen) atoms. The Morgan fingerprint density at radius 2 is 2.03 bits per heavy atom. The quantitative estimate of drug-likeness (QED) is 0.682. The summed E-state index contributed by atoms with van der Waals surface area (Å²) in [5.41, 5.74) is 5.55. The zero-order chi connectivity index (χ0) is 20.8. The van der Waals surface area contributed by atoms with Crippen molar-refractivity contribution in [2.45, 2.75) is 55.6 Å². The molecular weight excluding hydrogens is 384 g/mol. The van der Waals surface area contributed by atoms with Crippen molar-refractivity contribution in [2.24, 2.45) is 5.92 Å². The van der Waals surface area contributed by atoms with Crippen LogP contribution in [0, 0.1) is 5.92 Å². The lowest BCUT2D eigenvalue weighted by Crippen LogP contribution is -2.74. The molecule has 0 amide bonds. The molecule has 1 aliphatic heterocycles. The number of hydrogen-bond donors (Lipinski definition) is 2. The highest BCUT2D eigenvalue weighted by atomic mass is 16.5. The predicted octanol–water partition coefficient (Wildman–Crippen LogP) is 3.98. The lowest BCUT2D eigenvalue weighted by atomic mass is 9.49. The van der Waals surface area contributed by atoms with Crippen LogP contribution in [0.5, 0.6) is 5.75 Å². The van der Waals surface area contributed by atoms with Crippen molar-refractivity contribution in [3.05, 3.63) is 64.8 Å². The van der Waals surface area contributed by atoms with Gasteiger partial charge in [-0.1, -0.05) is 24.3 Å². The van der Waals surface area contributed by atoms with E-state index in [-0.39, 0.29) is 11.5 Å². The monoisotopic (exact) mass is 414 g/mol. The number of para-hydroxylation sites is 1. The number of aliphatic hydroxyl groups is 1. The number of rotatable bonds is 3. The van der Waals surface area contributed by atoms with E-state index in [9.17, 15) is 5.11 Å². The first kappa shape index (κ1) is 18.3. The average Bonchev–Trinajstić information content (AvgIpc) is 3.53. The van der Waals surface area contributed by atoms with E-state index < -0.39 is 5.60 Å². The maximum Gasteiger partial charge on any atom is 0.119 e. The van der Waals surface area contributed by atoms with Crippen LogP contribution in [0.4, 0.5) is 0 Å². The van der Waals surface area contributed by atoms with Gasteiger partial charge in [0.05, 0.1) is 12.7 Å². The highest BCUT2D eigenvalue weighted by Crippen LogP contribution is 2.58. The Kier molecular flexibility index (Phi) is 3.62. The zero-order valence-corrected chi connectivity index (χ0v) is 18.2. The van der Waals surface area contributed by atoms with Gasteiger partial charge in [0.2, 0.25) is 0 Å². The highest BCUT2D eigenvalue weighted by Gasteiger charge is 2.64. The van der Waals surface area contributed by atoms with E-state index in [4.69, 9.17) is 4.74 Å². The summed E-state index contributed by atoms with van der Waals surface area (Å²) in [5.74, 6) is 1.73. The van der Waals surface area contributed by atoms with Crippen LogP contribution in [0.2, 0.25) is 0 Å².